The maximum absolute atomic E-state index is 12.0. The van der Waals surface area contributed by atoms with Crippen LogP contribution in [0.5, 0.6) is 0 Å². The van der Waals surface area contributed by atoms with E-state index in [1.54, 1.807) is 0 Å². The van der Waals surface area contributed by atoms with Crippen LogP contribution < -0.4 is 5.32 Å². The lowest BCUT2D eigenvalue weighted by Gasteiger charge is -2.31. The second-order valence-electron chi connectivity index (χ2n) is 3.80. The molecule has 1 unspecified atom stereocenters. The predicted octanol–water partition coefficient (Wildman–Crippen LogP) is 1.15. The molecular formula is C9H15F3N2O. The molecule has 1 aliphatic rings. The number of amides is 1. The van der Waals surface area contributed by atoms with Crippen LogP contribution in [0.4, 0.5) is 13.2 Å². The van der Waals surface area contributed by atoms with Crippen molar-refractivity contribution in [2.45, 2.75) is 31.5 Å². The van der Waals surface area contributed by atoms with Gasteiger partial charge < -0.3 is 10.2 Å². The van der Waals surface area contributed by atoms with Crippen molar-refractivity contribution < 1.29 is 18.0 Å². The number of alkyl halides is 3. The monoisotopic (exact) mass is 224 g/mol. The molecule has 3 nitrogen and oxygen atoms in total. The van der Waals surface area contributed by atoms with Gasteiger partial charge in [-0.1, -0.05) is 0 Å². The van der Waals surface area contributed by atoms with Crippen LogP contribution in [0.2, 0.25) is 0 Å². The van der Waals surface area contributed by atoms with E-state index in [1.807, 2.05) is 0 Å². The lowest BCUT2D eigenvalue weighted by molar-refractivity contribution is -0.162. The molecular weight excluding hydrogens is 209 g/mol. The Morgan fingerprint density at radius 2 is 2.20 bits per heavy atom. The molecule has 1 atom stereocenters. The Bertz CT molecular complexity index is 224. The molecule has 0 aliphatic carbocycles. The van der Waals surface area contributed by atoms with Crippen molar-refractivity contribution in [3.05, 3.63) is 0 Å². The fourth-order valence-electron chi connectivity index (χ4n) is 1.66. The average Bonchev–Trinajstić information content (AvgIpc) is 2.15. The highest BCUT2D eigenvalue weighted by molar-refractivity contribution is 5.76. The molecule has 1 saturated heterocycles. The van der Waals surface area contributed by atoms with Crippen molar-refractivity contribution in [2.75, 3.05) is 20.1 Å². The number of carbonyl (C=O) groups is 1. The van der Waals surface area contributed by atoms with Crippen LogP contribution in [0.3, 0.4) is 0 Å². The lowest BCUT2D eigenvalue weighted by atomic mass is 10.1. The molecule has 1 N–H and O–H groups in total. The molecule has 6 heteroatoms. The standard InChI is InChI=1S/C9H15F3N2O/c1-14(7-3-2-4-13-6-7)8(15)5-9(10,11)12/h7,13H,2-6H2,1H3. The van der Waals surface area contributed by atoms with E-state index >= 15 is 0 Å². The topological polar surface area (TPSA) is 32.3 Å². The Hall–Kier alpha value is -0.780. The van der Waals surface area contributed by atoms with E-state index in [0.717, 1.165) is 19.4 Å². The molecule has 1 rings (SSSR count). The van der Waals surface area contributed by atoms with Gasteiger partial charge in [-0.05, 0) is 19.4 Å². The van der Waals surface area contributed by atoms with Gasteiger partial charge in [0.1, 0.15) is 6.42 Å². The summed E-state index contributed by atoms with van der Waals surface area (Å²) in [5.41, 5.74) is 0. The summed E-state index contributed by atoms with van der Waals surface area (Å²) in [6.45, 7) is 1.46. The fraction of sp³-hybridized carbons (Fsp3) is 0.889. The van der Waals surface area contributed by atoms with Crippen LogP contribution in [0, 0.1) is 0 Å². The number of nitrogens with zero attached hydrogens (tertiary/aromatic N) is 1. The van der Waals surface area contributed by atoms with E-state index in [2.05, 4.69) is 5.32 Å². The van der Waals surface area contributed by atoms with Gasteiger partial charge in [0.05, 0.1) is 0 Å². The summed E-state index contributed by atoms with van der Waals surface area (Å²) in [7, 11) is 1.44. The normalized spacial score (nSPS) is 22.5. The first-order chi connectivity index (χ1) is 6.90. The number of halogens is 3. The summed E-state index contributed by atoms with van der Waals surface area (Å²) in [5.74, 6) is -0.851. The Balaban J connectivity index is 2.44. The summed E-state index contributed by atoms with van der Waals surface area (Å²) >= 11 is 0. The van der Waals surface area contributed by atoms with Crippen LogP contribution in [0.25, 0.3) is 0 Å². The van der Waals surface area contributed by atoms with Crippen LogP contribution in [-0.4, -0.2) is 43.2 Å². The minimum absolute atomic E-state index is 0.103. The van der Waals surface area contributed by atoms with Gasteiger partial charge >= 0.3 is 6.18 Å². The van der Waals surface area contributed by atoms with E-state index < -0.39 is 18.5 Å². The summed E-state index contributed by atoms with van der Waals surface area (Å²) in [6.07, 6.45) is -4.10. The van der Waals surface area contributed by atoms with Crippen molar-refractivity contribution in [3.63, 3.8) is 0 Å². The van der Waals surface area contributed by atoms with Crippen LogP contribution in [0.15, 0.2) is 0 Å². The van der Waals surface area contributed by atoms with Crippen molar-refractivity contribution in [1.29, 1.82) is 0 Å². The first-order valence-corrected chi connectivity index (χ1v) is 4.93. The zero-order valence-electron chi connectivity index (χ0n) is 8.60. The molecule has 1 heterocycles. The Labute approximate surface area is 86.6 Å². The maximum Gasteiger partial charge on any atom is 0.397 e. The quantitative estimate of drug-likeness (QED) is 0.763. The molecule has 0 aromatic heterocycles. The molecule has 0 aromatic carbocycles. The predicted molar refractivity (Wildman–Crippen MR) is 49.3 cm³/mol. The van der Waals surface area contributed by atoms with Crippen LogP contribution >= 0.6 is 0 Å². The minimum Gasteiger partial charge on any atom is -0.341 e. The molecule has 0 radical (unpaired) electrons. The van der Waals surface area contributed by atoms with Gasteiger partial charge in [-0.3, -0.25) is 4.79 Å². The summed E-state index contributed by atoms with van der Waals surface area (Å²) in [5, 5.41) is 3.06. The number of carbonyl (C=O) groups excluding carboxylic acids is 1. The van der Waals surface area contributed by atoms with Gasteiger partial charge in [0.25, 0.3) is 0 Å². The Morgan fingerprint density at radius 1 is 1.53 bits per heavy atom. The third kappa shape index (κ3) is 4.07. The minimum atomic E-state index is -4.41. The molecule has 15 heavy (non-hydrogen) atoms. The number of likely N-dealkylation sites (N-methyl/N-ethyl adjacent to an activating group) is 1. The number of nitrogens with one attached hydrogen (secondary N) is 1. The highest BCUT2D eigenvalue weighted by atomic mass is 19.4. The molecule has 1 aliphatic heterocycles. The van der Waals surface area contributed by atoms with Crippen LogP contribution in [0.1, 0.15) is 19.3 Å². The Morgan fingerprint density at radius 3 is 2.67 bits per heavy atom. The molecule has 88 valence electrons. The van der Waals surface area contributed by atoms with Crippen molar-refractivity contribution in [1.82, 2.24) is 10.2 Å². The third-order valence-electron chi connectivity index (χ3n) is 2.56. The van der Waals surface area contributed by atoms with Gasteiger partial charge in [-0.25, -0.2) is 0 Å². The largest absolute Gasteiger partial charge is 0.397 e. The van der Waals surface area contributed by atoms with Crippen molar-refractivity contribution in [3.8, 4) is 0 Å². The molecule has 1 fully saturated rings. The first-order valence-electron chi connectivity index (χ1n) is 4.93. The summed E-state index contributed by atoms with van der Waals surface area (Å²) < 4.78 is 35.9. The molecule has 1 amide bonds. The van der Waals surface area contributed by atoms with E-state index in [9.17, 15) is 18.0 Å². The second kappa shape index (κ2) is 4.83. The zero-order valence-corrected chi connectivity index (χ0v) is 8.60. The van der Waals surface area contributed by atoms with Crippen molar-refractivity contribution in [2.24, 2.45) is 0 Å². The van der Waals surface area contributed by atoms with Crippen molar-refractivity contribution >= 4 is 5.91 Å². The highest BCUT2D eigenvalue weighted by Crippen LogP contribution is 2.21. The van der Waals surface area contributed by atoms with Gasteiger partial charge in [-0.2, -0.15) is 13.2 Å². The molecule has 0 bridgehead atoms. The van der Waals surface area contributed by atoms with Crippen LogP contribution in [-0.2, 0) is 4.79 Å². The summed E-state index contributed by atoms with van der Waals surface area (Å²) in [6, 6.07) is -0.103. The van der Waals surface area contributed by atoms with E-state index in [1.165, 1.54) is 11.9 Å². The van der Waals surface area contributed by atoms with Gasteiger partial charge in [-0.15, -0.1) is 0 Å². The Kier molecular flexibility index (Phi) is 3.96. The molecule has 0 saturated carbocycles. The van der Waals surface area contributed by atoms with Gasteiger partial charge in [0.2, 0.25) is 5.91 Å². The molecule has 0 aromatic rings. The van der Waals surface area contributed by atoms with E-state index in [4.69, 9.17) is 0 Å². The number of hydrogen-bond donors (Lipinski definition) is 1. The van der Waals surface area contributed by atoms with E-state index in [0.29, 0.717) is 6.54 Å². The highest BCUT2D eigenvalue weighted by Gasteiger charge is 2.34. The number of piperidine rings is 1. The number of rotatable bonds is 2. The fourth-order valence-corrected chi connectivity index (χ4v) is 1.66. The zero-order chi connectivity index (χ0) is 11.5. The number of hydrogen-bond acceptors (Lipinski definition) is 2. The average molecular weight is 224 g/mol. The van der Waals surface area contributed by atoms with E-state index in [-0.39, 0.29) is 6.04 Å². The maximum atomic E-state index is 12.0. The SMILES string of the molecule is CN(C(=O)CC(F)(F)F)C1CCCNC1. The smallest absolute Gasteiger partial charge is 0.341 e. The lowest BCUT2D eigenvalue weighted by Crippen LogP contribution is -2.47. The van der Waals surface area contributed by atoms with Gasteiger partial charge in [0.15, 0.2) is 0 Å². The summed E-state index contributed by atoms with van der Waals surface area (Å²) in [4.78, 5) is 12.4. The first kappa shape index (κ1) is 12.3. The van der Waals surface area contributed by atoms with Gasteiger partial charge in [0, 0.05) is 19.6 Å². The third-order valence-corrected chi connectivity index (χ3v) is 2.56. The second-order valence-corrected chi connectivity index (χ2v) is 3.80. The molecule has 0 spiro atoms.